The summed E-state index contributed by atoms with van der Waals surface area (Å²) < 4.78 is 0. The van der Waals surface area contributed by atoms with Crippen LogP contribution in [0.3, 0.4) is 0 Å². The molecular formula is C45H39N3O2PPd+. The van der Waals surface area contributed by atoms with Gasteiger partial charge in [-0.1, -0.05) is 121 Å². The zero-order valence-corrected chi connectivity index (χ0v) is 31.5. The molecule has 1 N–H and O–H groups in total. The second kappa shape index (κ2) is 18.7. The Labute approximate surface area is 321 Å². The predicted molar refractivity (Wildman–Crippen MR) is 216 cm³/mol. The number of para-hydroxylation sites is 2. The number of aliphatic carboxylic acids is 1. The number of anilines is 2. The molecule has 52 heavy (non-hydrogen) atoms. The van der Waals surface area contributed by atoms with E-state index in [2.05, 4.69) is 139 Å². The van der Waals surface area contributed by atoms with Crippen molar-refractivity contribution >= 4 is 57.8 Å². The summed E-state index contributed by atoms with van der Waals surface area (Å²) in [7, 11) is -1.06. The topological polar surface area (TPSA) is 56.1 Å². The van der Waals surface area contributed by atoms with Crippen molar-refractivity contribution in [1.82, 2.24) is 0 Å². The standard InChI is InChI=1S/C23H18P.C20H16N3.C2H4O2.Pd/c1-18-16-17-19-10-8-9-15-22(19)23(18)24(20-11-4-2-5-12-20)21-13-6-3-7-14-21;1-4-10-17(11-5-1)20-21-23(19-14-8-3-9-15-19)16-22(20)18-12-6-2-7-13-18;1-2(3)4;/h2-14,16-17H,1H3;1-16H;1H3,(H,3,4);/q2*-1;;+2/p+1. The number of aryl methyl sites for hydroxylation is 1. The Bertz CT molecular complexity index is 2140. The second-order valence-electron chi connectivity index (χ2n) is 11.8. The van der Waals surface area contributed by atoms with E-state index in [0.717, 1.165) is 29.7 Å². The van der Waals surface area contributed by atoms with E-state index in [1.54, 1.807) is 0 Å². The van der Waals surface area contributed by atoms with Gasteiger partial charge in [-0.25, -0.2) is 0 Å². The van der Waals surface area contributed by atoms with Crippen LogP contribution in [-0.2, 0) is 25.2 Å². The fraction of sp³-hybridized carbons (Fsp3) is 0.0444. The number of hydrogen-bond acceptors (Lipinski definition) is 4. The van der Waals surface area contributed by atoms with Gasteiger partial charge < -0.3 is 15.0 Å². The molecule has 1 heterocycles. The van der Waals surface area contributed by atoms with E-state index in [-0.39, 0.29) is 20.4 Å². The van der Waals surface area contributed by atoms with E-state index in [9.17, 15) is 0 Å². The molecule has 0 bridgehead atoms. The first-order chi connectivity index (χ1) is 25.0. The van der Waals surface area contributed by atoms with Crippen molar-refractivity contribution in [3.8, 4) is 0 Å². The first-order valence-electron chi connectivity index (χ1n) is 16.7. The molecule has 1 aliphatic rings. The SMILES string of the molecule is CC(=O)O.Cc1ccc2ccc[c-]c2c1[PH+](c1ccccc1)c1ccccc1.[Pd+2].c1ccc(C2=NN(c3ccccc3)[CH-]N2c2ccccc2)cc1. The number of carbonyl (C=O) groups is 1. The summed E-state index contributed by atoms with van der Waals surface area (Å²) in [6.45, 7) is 5.33. The molecule has 0 atom stereocenters. The molecule has 0 saturated carbocycles. The average molecular weight is 791 g/mol. The summed E-state index contributed by atoms with van der Waals surface area (Å²) in [5, 5.41) is 21.0. The van der Waals surface area contributed by atoms with Crippen molar-refractivity contribution in [1.29, 1.82) is 0 Å². The van der Waals surface area contributed by atoms with Gasteiger partial charge in [0.25, 0.3) is 5.97 Å². The normalized spacial score (nSPS) is 11.8. The minimum atomic E-state index is -1.06. The van der Waals surface area contributed by atoms with Crippen LogP contribution in [0.25, 0.3) is 10.8 Å². The van der Waals surface area contributed by atoms with Crippen LogP contribution >= 0.6 is 7.92 Å². The van der Waals surface area contributed by atoms with Crippen LogP contribution in [-0.4, -0.2) is 16.9 Å². The first kappa shape index (κ1) is 37.9. The van der Waals surface area contributed by atoms with E-state index in [4.69, 9.17) is 15.0 Å². The predicted octanol–water partition coefficient (Wildman–Crippen LogP) is 9.02. The zero-order chi connectivity index (χ0) is 35.4. The summed E-state index contributed by atoms with van der Waals surface area (Å²) in [6, 6.07) is 66.8. The summed E-state index contributed by atoms with van der Waals surface area (Å²) >= 11 is 0. The summed E-state index contributed by atoms with van der Waals surface area (Å²) in [4.78, 5) is 11.1. The van der Waals surface area contributed by atoms with Crippen molar-refractivity contribution in [3.05, 3.63) is 206 Å². The van der Waals surface area contributed by atoms with Crippen molar-refractivity contribution in [2.24, 2.45) is 5.10 Å². The van der Waals surface area contributed by atoms with E-state index in [1.165, 1.54) is 32.2 Å². The number of rotatable bonds is 6. The van der Waals surface area contributed by atoms with Crippen LogP contribution in [0, 0.1) is 19.7 Å². The van der Waals surface area contributed by atoms with Gasteiger partial charge in [-0.05, 0) is 55.5 Å². The van der Waals surface area contributed by atoms with Crippen LogP contribution in [0.5, 0.6) is 0 Å². The Morgan fingerprint density at radius 2 is 1.13 bits per heavy atom. The molecule has 5 nitrogen and oxygen atoms in total. The molecule has 7 heteroatoms. The number of nitrogens with zero attached hydrogens (tertiary/aromatic N) is 3. The first-order valence-corrected chi connectivity index (χ1v) is 18.2. The van der Waals surface area contributed by atoms with E-state index >= 15 is 0 Å². The Balaban J connectivity index is 0.000000180. The second-order valence-corrected chi connectivity index (χ2v) is 14.2. The molecule has 0 fully saturated rings. The summed E-state index contributed by atoms with van der Waals surface area (Å²) in [5.74, 6) is 0.0839. The molecule has 0 spiro atoms. The third-order valence-electron chi connectivity index (χ3n) is 8.16. The minimum absolute atomic E-state index is 0. The number of benzene rings is 7. The van der Waals surface area contributed by atoms with Gasteiger partial charge in [-0.15, -0.1) is 41.7 Å². The van der Waals surface area contributed by atoms with E-state index < -0.39 is 13.9 Å². The van der Waals surface area contributed by atoms with E-state index in [1.807, 2.05) is 72.3 Å². The maximum absolute atomic E-state index is 9.00. The molecule has 0 saturated heterocycles. The number of hydrazone groups is 1. The van der Waals surface area contributed by atoms with Crippen molar-refractivity contribution in [2.45, 2.75) is 13.8 Å². The molecule has 260 valence electrons. The Morgan fingerprint density at radius 1 is 0.654 bits per heavy atom. The smallest absolute Gasteiger partial charge is 0.481 e. The third-order valence-corrected chi connectivity index (χ3v) is 11.1. The quantitative estimate of drug-likeness (QED) is 0.104. The Kier molecular flexibility index (Phi) is 13.7. The summed E-state index contributed by atoms with van der Waals surface area (Å²) in [5.41, 5.74) is 4.57. The molecule has 0 unspecified atom stereocenters. The molecule has 7 aromatic rings. The number of carboxylic acids is 1. The van der Waals surface area contributed by atoms with Gasteiger partial charge in [0, 0.05) is 29.2 Å². The van der Waals surface area contributed by atoms with Crippen molar-refractivity contribution < 1.29 is 30.3 Å². The number of hydrogen-bond donors (Lipinski definition) is 1. The van der Waals surface area contributed by atoms with Gasteiger partial charge in [-0.3, -0.25) is 4.79 Å². The molecule has 0 radical (unpaired) electrons. The Morgan fingerprint density at radius 3 is 1.67 bits per heavy atom. The number of fused-ring (bicyclic) bond motifs is 1. The van der Waals surface area contributed by atoms with Crippen LogP contribution in [0.4, 0.5) is 11.4 Å². The maximum atomic E-state index is 9.00. The maximum Gasteiger partial charge on any atom is 2.00 e. The van der Waals surface area contributed by atoms with Gasteiger partial charge in [-0.2, -0.15) is 5.10 Å². The average Bonchev–Trinajstić information content (AvgIpc) is 3.64. The van der Waals surface area contributed by atoms with Gasteiger partial charge in [0.15, 0.2) is 0 Å². The van der Waals surface area contributed by atoms with Gasteiger partial charge in [0.2, 0.25) is 0 Å². The number of amidine groups is 1. The largest absolute Gasteiger partial charge is 2.00 e. The molecule has 1 aliphatic heterocycles. The van der Waals surface area contributed by atoms with E-state index in [0.29, 0.717) is 0 Å². The number of carboxylic acid groups (broad SMARTS) is 1. The van der Waals surface area contributed by atoms with Crippen LogP contribution in [0.1, 0.15) is 18.1 Å². The van der Waals surface area contributed by atoms with Crippen LogP contribution in [0.2, 0.25) is 0 Å². The zero-order valence-electron chi connectivity index (χ0n) is 28.9. The fourth-order valence-corrected chi connectivity index (χ4v) is 8.80. The molecule has 0 aromatic heterocycles. The van der Waals surface area contributed by atoms with Gasteiger partial charge in [0.1, 0.15) is 5.84 Å². The van der Waals surface area contributed by atoms with Crippen LogP contribution < -0.4 is 25.8 Å². The minimum Gasteiger partial charge on any atom is -0.481 e. The van der Waals surface area contributed by atoms with Crippen LogP contribution in [0.15, 0.2) is 187 Å². The molecule has 0 amide bonds. The summed E-state index contributed by atoms with van der Waals surface area (Å²) in [6.07, 6.45) is 0. The van der Waals surface area contributed by atoms with Crippen molar-refractivity contribution in [3.63, 3.8) is 0 Å². The fourth-order valence-electron chi connectivity index (χ4n) is 5.89. The molecule has 0 aliphatic carbocycles. The van der Waals surface area contributed by atoms with Gasteiger partial charge in [0.05, 0.1) is 18.5 Å². The molecule has 8 rings (SSSR count). The third kappa shape index (κ3) is 9.49. The van der Waals surface area contributed by atoms with Crippen molar-refractivity contribution in [2.75, 3.05) is 9.91 Å². The molecule has 7 aromatic carbocycles. The molecular weight excluding hydrogens is 752 g/mol. The van der Waals surface area contributed by atoms with Gasteiger partial charge >= 0.3 is 20.4 Å². The Hall–Kier alpha value is -5.37. The monoisotopic (exact) mass is 790 g/mol.